The predicted octanol–water partition coefficient (Wildman–Crippen LogP) is 5.44. The molecule has 0 saturated heterocycles. The van der Waals surface area contributed by atoms with Crippen LogP contribution < -0.4 is 10.6 Å². The summed E-state index contributed by atoms with van der Waals surface area (Å²) in [5, 5.41) is 6.03. The first-order chi connectivity index (χ1) is 17.0. The quantitative estimate of drug-likeness (QED) is 0.460. The fraction of sp³-hybridized carbons (Fsp3) is 0.360. The highest BCUT2D eigenvalue weighted by molar-refractivity contribution is 8.39. The van der Waals surface area contributed by atoms with Crippen LogP contribution in [0.3, 0.4) is 0 Å². The Morgan fingerprint density at radius 2 is 1.26 bits per heavy atom. The van der Waals surface area contributed by atoms with Crippen LogP contribution in [0.1, 0.15) is 22.3 Å². The molecule has 0 aliphatic carbocycles. The molecule has 2 aliphatic heterocycles. The molecule has 0 radical (unpaired) electrons. The van der Waals surface area contributed by atoms with E-state index in [1.165, 1.54) is 34.7 Å². The van der Waals surface area contributed by atoms with E-state index >= 15 is 0 Å². The Labute approximate surface area is 223 Å². The van der Waals surface area contributed by atoms with Gasteiger partial charge in [0.2, 0.25) is 11.8 Å². The molecule has 184 valence electrons. The lowest BCUT2D eigenvalue weighted by atomic mass is 10.00. The molecule has 2 aromatic rings. The van der Waals surface area contributed by atoms with Crippen LogP contribution in [0.5, 0.6) is 0 Å². The minimum absolute atomic E-state index is 0.0114. The fourth-order valence-corrected chi connectivity index (χ4v) is 7.24. The van der Waals surface area contributed by atoms with E-state index in [2.05, 4.69) is 44.9 Å². The monoisotopic (exact) mass is 544 g/mol. The lowest BCUT2D eigenvalue weighted by molar-refractivity contribution is -0.114. The summed E-state index contributed by atoms with van der Waals surface area (Å²) in [6, 6.07) is 12.3. The van der Waals surface area contributed by atoms with Crippen LogP contribution in [0.4, 0.5) is 11.4 Å². The first kappa shape index (κ1) is 26.2. The van der Waals surface area contributed by atoms with Gasteiger partial charge in [-0.05, 0) is 54.7 Å². The van der Waals surface area contributed by atoms with Crippen LogP contribution >= 0.6 is 47.0 Å². The zero-order valence-corrected chi connectivity index (χ0v) is 23.0. The van der Waals surface area contributed by atoms with Crippen molar-refractivity contribution in [3.63, 3.8) is 0 Å². The Hall–Kier alpha value is -1.88. The Morgan fingerprint density at radius 1 is 0.800 bits per heavy atom. The number of aliphatic imine (C=N–C) groups is 2. The molecular weight excluding hydrogens is 517 g/mol. The van der Waals surface area contributed by atoms with Gasteiger partial charge in [-0.15, -0.1) is 0 Å². The molecule has 0 aromatic heterocycles. The first-order valence-corrected chi connectivity index (χ1v) is 15.3. The molecule has 2 aromatic carbocycles. The molecule has 0 unspecified atom stereocenters. The maximum Gasteiger partial charge on any atom is 0.234 e. The number of amides is 2. The summed E-state index contributed by atoms with van der Waals surface area (Å²) in [7, 11) is 0. The van der Waals surface area contributed by atoms with Crippen LogP contribution in [-0.4, -0.2) is 56.7 Å². The van der Waals surface area contributed by atoms with Crippen molar-refractivity contribution in [1.82, 2.24) is 0 Å². The number of benzene rings is 2. The molecule has 2 heterocycles. The third-order valence-electron chi connectivity index (χ3n) is 5.31. The zero-order valence-electron chi connectivity index (χ0n) is 19.8. The second-order valence-corrected chi connectivity index (χ2v) is 12.8. The average molecular weight is 545 g/mol. The van der Waals surface area contributed by atoms with Gasteiger partial charge in [-0.25, -0.2) is 0 Å². The van der Waals surface area contributed by atoms with Crippen molar-refractivity contribution in [1.29, 1.82) is 0 Å². The largest absolute Gasteiger partial charge is 0.325 e. The van der Waals surface area contributed by atoms with E-state index in [0.717, 1.165) is 62.3 Å². The van der Waals surface area contributed by atoms with Crippen LogP contribution in [-0.2, 0) is 16.0 Å². The Kier molecular flexibility index (Phi) is 9.65. The molecular formula is C25H28N4O2S4. The van der Waals surface area contributed by atoms with Gasteiger partial charge >= 0.3 is 0 Å². The van der Waals surface area contributed by atoms with Crippen molar-refractivity contribution in [2.75, 3.05) is 46.7 Å². The van der Waals surface area contributed by atoms with E-state index in [9.17, 15) is 9.59 Å². The van der Waals surface area contributed by atoms with Gasteiger partial charge in [0.25, 0.3) is 0 Å². The van der Waals surface area contributed by atoms with E-state index < -0.39 is 0 Å². The van der Waals surface area contributed by atoms with Crippen molar-refractivity contribution >= 4 is 79.0 Å². The summed E-state index contributed by atoms with van der Waals surface area (Å²) in [5.74, 6) is 2.75. The number of carbonyl (C=O) groups is 2. The molecule has 0 atom stereocenters. The molecule has 10 heteroatoms. The fourth-order valence-electron chi connectivity index (χ4n) is 3.62. The van der Waals surface area contributed by atoms with Crippen molar-refractivity contribution < 1.29 is 9.59 Å². The number of carbonyl (C=O) groups excluding carboxylic acids is 2. The highest BCUT2D eigenvalue weighted by Gasteiger charge is 2.13. The summed E-state index contributed by atoms with van der Waals surface area (Å²) in [5.41, 5.74) is 6.11. The molecule has 35 heavy (non-hydrogen) atoms. The van der Waals surface area contributed by atoms with Crippen LogP contribution in [0.2, 0.25) is 0 Å². The van der Waals surface area contributed by atoms with E-state index in [1.807, 2.05) is 26.0 Å². The molecule has 4 rings (SSSR count). The first-order valence-electron chi connectivity index (χ1n) is 11.3. The molecule has 6 nitrogen and oxygen atoms in total. The van der Waals surface area contributed by atoms with Crippen molar-refractivity contribution in [3.8, 4) is 0 Å². The molecule has 2 amide bonds. The number of hydrogen-bond donors (Lipinski definition) is 2. The van der Waals surface area contributed by atoms with Crippen LogP contribution in [0, 0.1) is 13.8 Å². The number of nitrogens with one attached hydrogen (secondary N) is 2. The van der Waals surface area contributed by atoms with E-state index in [-0.39, 0.29) is 11.8 Å². The van der Waals surface area contributed by atoms with Gasteiger partial charge in [0, 0.05) is 22.9 Å². The van der Waals surface area contributed by atoms with Gasteiger partial charge in [-0.2, -0.15) is 0 Å². The summed E-state index contributed by atoms with van der Waals surface area (Å²) in [4.78, 5) is 33.4. The van der Waals surface area contributed by atoms with Crippen molar-refractivity contribution in [3.05, 3.63) is 58.7 Å². The minimum atomic E-state index is -0.0114. The van der Waals surface area contributed by atoms with Crippen LogP contribution in [0.25, 0.3) is 0 Å². The Morgan fingerprint density at radius 3 is 1.63 bits per heavy atom. The summed E-state index contributed by atoms with van der Waals surface area (Å²) in [6.45, 7) is 5.73. The molecule has 0 spiro atoms. The highest BCUT2D eigenvalue weighted by atomic mass is 32.2. The van der Waals surface area contributed by atoms with E-state index in [1.54, 1.807) is 23.5 Å². The topological polar surface area (TPSA) is 82.9 Å². The molecule has 0 fully saturated rings. The van der Waals surface area contributed by atoms with Gasteiger partial charge in [0.1, 0.15) is 8.75 Å². The SMILES string of the molecule is Cc1cc(Cc2ccc(NC(=O)CSC3=NCCS3)c(C)c2)ccc1NC(=O)CSC1=NCCS1. The number of anilines is 2. The standard InChI is InChI=1S/C25H28N4O2S4/c1-16-11-18(3-5-20(16)28-22(30)14-34-24-26-7-9-32-24)13-19-4-6-21(17(2)12-19)29-23(31)15-35-25-27-8-10-33-25/h3-6,11-12H,7-10,13-15H2,1-2H3,(H,28,30)(H,29,31). The second kappa shape index (κ2) is 12.9. The van der Waals surface area contributed by atoms with Crippen LogP contribution in [0.15, 0.2) is 46.4 Å². The number of rotatable bonds is 8. The van der Waals surface area contributed by atoms with Gasteiger partial charge in [0.05, 0.1) is 24.6 Å². The number of hydrogen-bond acceptors (Lipinski definition) is 8. The normalized spacial score (nSPS) is 15.0. The van der Waals surface area contributed by atoms with Crippen molar-refractivity contribution in [2.45, 2.75) is 20.3 Å². The summed E-state index contributed by atoms with van der Waals surface area (Å²) in [6.07, 6.45) is 0.782. The lowest BCUT2D eigenvalue weighted by Gasteiger charge is -2.12. The number of thioether (sulfide) groups is 4. The minimum Gasteiger partial charge on any atom is -0.325 e. The van der Waals surface area contributed by atoms with Crippen molar-refractivity contribution in [2.24, 2.45) is 9.98 Å². The smallest absolute Gasteiger partial charge is 0.234 e. The maximum atomic E-state index is 12.3. The molecule has 0 saturated carbocycles. The number of aryl methyl sites for hydroxylation is 2. The summed E-state index contributed by atoms with van der Waals surface area (Å²) < 4.78 is 2.01. The van der Waals surface area contributed by atoms with Gasteiger partial charge in [0.15, 0.2) is 0 Å². The Bertz CT molecular complexity index is 1080. The highest BCUT2D eigenvalue weighted by Crippen LogP contribution is 2.25. The van der Waals surface area contributed by atoms with E-state index in [0.29, 0.717) is 11.5 Å². The van der Waals surface area contributed by atoms with Gasteiger partial charge in [-0.3, -0.25) is 19.6 Å². The third kappa shape index (κ3) is 8.06. The van der Waals surface area contributed by atoms with Gasteiger partial charge < -0.3 is 10.6 Å². The predicted molar refractivity (Wildman–Crippen MR) is 157 cm³/mol. The molecule has 0 bridgehead atoms. The second-order valence-electron chi connectivity index (χ2n) is 8.14. The Balaban J connectivity index is 1.28. The summed E-state index contributed by atoms with van der Waals surface area (Å²) >= 11 is 6.44. The third-order valence-corrected chi connectivity index (χ3v) is 9.81. The molecule has 2 aliphatic rings. The van der Waals surface area contributed by atoms with Gasteiger partial charge in [-0.1, -0.05) is 71.3 Å². The zero-order chi connectivity index (χ0) is 24.6. The average Bonchev–Trinajstić information content (AvgIpc) is 3.54. The molecule has 2 N–H and O–H groups in total. The lowest BCUT2D eigenvalue weighted by Crippen LogP contribution is -2.15. The maximum absolute atomic E-state index is 12.3. The number of nitrogens with zero attached hydrogens (tertiary/aromatic N) is 2. The van der Waals surface area contributed by atoms with E-state index in [4.69, 9.17) is 0 Å².